The number of ether oxygens (including phenoxy) is 1. The summed E-state index contributed by atoms with van der Waals surface area (Å²) >= 11 is 6.12. The molecule has 0 radical (unpaired) electrons. The van der Waals surface area contributed by atoms with Crippen molar-refractivity contribution in [1.29, 1.82) is 0 Å². The molecule has 1 aliphatic rings. The number of carbonyl (C=O) groups excluding carboxylic acids is 2. The molecule has 8 heteroatoms. The topological polar surface area (TPSA) is 84.7 Å². The Morgan fingerprint density at radius 2 is 2.10 bits per heavy atom. The Morgan fingerprint density at radius 1 is 1.28 bits per heavy atom. The first-order valence-electron chi connectivity index (χ1n) is 9.39. The fourth-order valence-electron chi connectivity index (χ4n) is 3.37. The third-order valence-corrected chi connectivity index (χ3v) is 5.12. The lowest BCUT2D eigenvalue weighted by Crippen LogP contribution is -2.48. The molecule has 2 aromatic carbocycles. The molecule has 154 valence electrons. The van der Waals surface area contributed by atoms with Gasteiger partial charge in [0.1, 0.15) is 11.6 Å². The Morgan fingerprint density at radius 3 is 2.86 bits per heavy atom. The molecule has 1 saturated heterocycles. The third-order valence-electron chi connectivity index (χ3n) is 4.77. The fourth-order valence-corrected chi connectivity index (χ4v) is 3.59. The van der Waals surface area contributed by atoms with E-state index in [2.05, 4.69) is 10.2 Å². The first-order valence-corrected chi connectivity index (χ1v) is 9.77. The number of halogens is 2. The maximum atomic E-state index is 13.2. The van der Waals surface area contributed by atoms with Crippen LogP contribution < -0.4 is 15.8 Å². The summed E-state index contributed by atoms with van der Waals surface area (Å²) in [6, 6.07) is 10.8. The van der Waals surface area contributed by atoms with Crippen molar-refractivity contribution in [3.8, 4) is 5.75 Å². The standard InChI is InChI=1S/C21H23ClFN3O3/c22-19-10-16(23)7-6-15(19)11-26-8-2-4-17(12-26)25-20(27)13-29-18-5-1-3-14(9-18)21(24)28/h1,3,5-7,9-10,17H,2,4,8,11-13H2,(H2,24,28)(H,25,27). The molecule has 2 amide bonds. The summed E-state index contributed by atoms with van der Waals surface area (Å²) in [7, 11) is 0. The van der Waals surface area contributed by atoms with Crippen molar-refractivity contribution in [2.24, 2.45) is 5.73 Å². The van der Waals surface area contributed by atoms with Gasteiger partial charge < -0.3 is 15.8 Å². The second-order valence-corrected chi connectivity index (χ2v) is 7.47. The van der Waals surface area contributed by atoms with E-state index in [1.807, 2.05) is 0 Å². The van der Waals surface area contributed by atoms with Gasteiger partial charge in [0.15, 0.2) is 6.61 Å². The third kappa shape index (κ3) is 6.17. The van der Waals surface area contributed by atoms with Gasteiger partial charge in [0, 0.05) is 29.7 Å². The van der Waals surface area contributed by atoms with Crippen molar-refractivity contribution in [3.05, 3.63) is 64.4 Å². The van der Waals surface area contributed by atoms with E-state index in [0.29, 0.717) is 29.4 Å². The summed E-state index contributed by atoms with van der Waals surface area (Å²) in [5, 5.41) is 3.38. The Kier molecular flexibility index (Phi) is 7.06. The van der Waals surface area contributed by atoms with Crippen molar-refractivity contribution < 1.29 is 18.7 Å². The number of nitrogens with one attached hydrogen (secondary N) is 1. The molecule has 0 bridgehead atoms. The molecule has 3 rings (SSSR count). The van der Waals surface area contributed by atoms with Crippen molar-refractivity contribution >= 4 is 23.4 Å². The zero-order valence-corrected chi connectivity index (χ0v) is 16.6. The number of piperidine rings is 1. The minimum absolute atomic E-state index is 0.00368. The summed E-state index contributed by atoms with van der Waals surface area (Å²) in [5.74, 6) is -0.735. The Hall–Kier alpha value is -2.64. The minimum Gasteiger partial charge on any atom is -0.484 e. The van der Waals surface area contributed by atoms with E-state index >= 15 is 0 Å². The molecule has 1 fully saturated rings. The Balaban J connectivity index is 1.49. The molecule has 0 aromatic heterocycles. The number of rotatable bonds is 7. The molecule has 2 aromatic rings. The van der Waals surface area contributed by atoms with Crippen molar-refractivity contribution in [2.45, 2.75) is 25.4 Å². The molecular formula is C21H23ClFN3O3. The van der Waals surface area contributed by atoms with E-state index in [1.165, 1.54) is 18.2 Å². The molecule has 1 heterocycles. The molecule has 1 unspecified atom stereocenters. The molecule has 3 N–H and O–H groups in total. The number of nitrogens with zero attached hydrogens (tertiary/aromatic N) is 1. The molecule has 1 aliphatic heterocycles. The van der Waals surface area contributed by atoms with Gasteiger partial charge in [-0.25, -0.2) is 4.39 Å². The summed E-state index contributed by atoms with van der Waals surface area (Å²) < 4.78 is 18.7. The van der Waals surface area contributed by atoms with E-state index in [1.54, 1.807) is 24.3 Å². The molecule has 1 atom stereocenters. The van der Waals surface area contributed by atoms with Gasteiger partial charge >= 0.3 is 0 Å². The normalized spacial score (nSPS) is 17.0. The number of hydrogen-bond donors (Lipinski definition) is 2. The molecule has 0 saturated carbocycles. The first kappa shape index (κ1) is 21.1. The number of nitrogens with two attached hydrogens (primary N) is 1. The first-order chi connectivity index (χ1) is 13.9. The van der Waals surface area contributed by atoms with Crippen LogP contribution >= 0.6 is 11.6 Å². The van der Waals surface area contributed by atoms with E-state index in [9.17, 15) is 14.0 Å². The van der Waals surface area contributed by atoms with Crippen molar-refractivity contribution in [3.63, 3.8) is 0 Å². The summed E-state index contributed by atoms with van der Waals surface area (Å²) in [4.78, 5) is 25.6. The average molecular weight is 420 g/mol. The fraction of sp³-hybridized carbons (Fsp3) is 0.333. The largest absolute Gasteiger partial charge is 0.484 e. The van der Waals surface area contributed by atoms with E-state index in [4.69, 9.17) is 22.1 Å². The summed E-state index contributed by atoms with van der Waals surface area (Å²) in [5.41, 5.74) is 6.43. The van der Waals surface area contributed by atoms with Crippen LogP contribution in [0.3, 0.4) is 0 Å². The number of amides is 2. The van der Waals surface area contributed by atoms with Gasteiger partial charge in [0.05, 0.1) is 0 Å². The van der Waals surface area contributed by atoms with Crippen molar-refractivity contribution in [1.82, 2.24) is 10.2 Å². The van der Waals surface area contributed by atoms with Crippen LogP contribution in [0.5, 0.6) is 5.75 Å². The van der Waals surface area contributed by atoms with Gasteiger partial charge in [-0.05, 0) is 55.3 Å². The lowest BCUT2D eigenvalue weighted by Gasteiger charge is -2.33. The smallest absolute Gasteiger partial charge is 0.258 e. The number of hydrogen-bond acceptors (Lipinski definition) is 4. The number of carbonyl (C=O) groups is 2. The van der Waals surface area contributed by atoms with Crippen LogP contribution in [0.15, 0.2) is 42.5 Å². The maximum Gasteiger partial charge on any atom is 0.258 e. The molecular weight excluding hydrogens is 397 g/mol. The van der Waals surface area contributed by atoms with Gasteiger partial charge in [-0.1, -0.05) is 23.7 Å². The van der Waals surface area contributed by atoms with E-state index in [0.717, 1.165) is 24.9 Å². The highest BCUT2D eigenvalue weighted by atomic mass is 35.5. The minimum atomic E-state index is -0.552. The Labute approximate surface area is 173 Å². The lowest BCUT2D eigenvalue weighted by atomic mass is 10.0. The number of likely N-dealkylation sites (tertiary alicyclic amines) is 1. The molecule has 29 heavy (non-hydrogen) atoms. The maximum absolute atomic E-state index is 13.2. The number of primary amides is 1. The summed E-state index contributed by atoms with van der Waals surface area (Å²) in [6.07, 6.45) is 1.81. The highest BCUT2D eigenvalue weighted by Gasteiger charge is 2.22. The van der Waals surface area contributed by atoms with E-state index < -0.39 is 5.91 Å². The highest BCUT2D eigenvalue weighted by Crippen LogP contribution is 2.21. The average Bonchev–Trinajstić information content (AvgIpc) is 2.69. The van der Waals surface area contributed by atoms with Gasteiger partial charge in [0.2, 0.25) is 5.91 Å². The molecule has 0 aliphatic carbocycles. The predicted octanol–water partition coefficient (Wildman–Crippen LogP) is 2.74. The quantitative estimate of drug-likeness (QED) is 0.722. The SMILES string of the molecule is NC(=O)c1cccc(OCC(=O)NC2CCCN(Cc3ccc(F)cc3Cl)C2)c1. The molecule has 6 nitrogen and oxygen atoms in total. The van der Waals surface area contributed by atoms with Crippen LogP contribution in [0.2, 0.25) is 5.02 Å². The lowest BCUT2D eigenvalue weighted by molar-refractivity contribution is -0.124. The van der Waals surface area contributed by atoms with Crippen LogP contribution in [0.1, 0.15) is 28.8 Å². The monoisotopic (exact) mass is 419 g/mol. The van der Waals surface area contributed by atoms with Gasteiger partial charge in [-0.3, -0.25) is 14.5 Å². The molecule has 0 spiro atoms. The second-order valence-electron chi connectivity index (χ2n) is 7.06. The predicted molar refractivity (Wildman–Crippen MR) is 108 cm³/mol. The van der Waals surface area contributed by atoms with Gasteiger partial charge in [-0.15, -0.1) is 0 Å². The zero-order valence-electron chi connectivity index (χ0n) is 15.9. The summed E-state index contributed by atoms with van der Waals surface area (Å²) in [6.45, 7) is 2.01. The van der Waals surface area contributed by atoms with Crippen LogP contribution in [-0.2, 0) is 11.3 Å². The van der Waals surface area contributed by atoms with Crippen LogP contribution in [0.25, 0.3) is 0 Å². The van der Waals surface area contributed by atoms with Gasteiger partial charge in [0.25, 0.3) is 5.91 Å². The zero-order chi connectivity index (χ0) is 20.8. The van der Waals surface area contributed by atoms with Crippen LogP contribution in [-0.4, -0.2) is 42.5 Å². The Bertz CT molecular complexity index is 893. The highest BCUT2D eigenvalue weighted by molar-refractivity contribution is 6.31. The van der Waals surface area contributed by atoms with Crippen LogP contribution in [0, 0.1) is 5.82 Å². The van der Waals surface area contributed by atoms with Gasteiger partial charge in [-0.2, -0.15) is 0 Å². The second kappa shape index (κ2) is 9.71. The van der Waals surface area contributed by atoms with E-state index in [-0.39, 0.29) is 24.4 Å². The van der Waals surface area contributed by atoms with Crippen molar-refractivity contribution in [2.75, 3.05) is 19.7 Å². The number of benzene rings is 2. The van der Waals surface area contributed by atoms with Crippen LogP contribution in [0.4, 0.5) is 4.39 Å².